The first kappa shape index (κ1) is 25.9. The third-order valence-electron chi connectivity index (χ3n) is 4.65. The molecule has 0 radical (unpaired) electrons. The summed E-state index contributed by atoms with van der Waals surface area (Å²) in [4.78, 5) is 47.9. The maximum Gasteiger partial charge on any atom is 0.306 e. The Morgan fingerprint density at radius 3 is 1.66 bits per heavy atom. The number of hydrogen-bond acceptors (Lipinski definition) is 6. The second-order valence-electron chi connectivity index (χ2n) is 7.38. The van der Waals surface area contributed by atoms with E-state index in [1.165, 1.54) is 0 Å². The number of ether oxygens (including phenoxy) is 2. The van der Waals surface area contributed by atoms with Gasteiger partial charge in [0, 0.05) is 32.9 Å². The van der Waals surface area contributed by atoms with Gasteiger partial charge in [0.05, 0.1) is 0 Å². The summed E-state index contributed by atoms with van der Waals surface area (Å²) in [7, 11) is 0. The molecule has 0 aromatic heterocycles. The molecule has 0 aliphatic heterocycles. The van der Waals surface area contributed by atoms with Gasteiger partial charge < -0.3 is 9.47 Å². The Kier molecular flexibility index (Phi) is 10.8. The van der Waals surface area contributed by atoms with E-state index in [9.17, 15) is 19.2 Å². The van der Waals surface area contributed by atoms with E-state index in [2.05, 4.69) is 31.9 Å². The number of hydrogen-bond donors (Lipinski definition) is 0. The molecule has 2 rings (SSSR count). The smallest absolute Gasteiger partial charge is 0.306 e. The Hall–Kier alpha value is -2.32. The molecule has 0 amide bonds. The fourth-order valence-corrected chi connectivity index (χ4v) is 3.37. The first-order valence-corrected chi connectivity index (χ1v) is 11.7. The summed E-state index contributed by atoms with van der Waals surface area (Å²) in [6.07, 6.45) is 1.46. The lowest BCUT2D eigenvalue weighted by molar-refractivity contribution is -0.143. The molecule has 32 heavy (non-hydrogen) atoms. The van der Waals surface area contributed by atoms with Crippen molar-refractivity contribution in [2.75, 3.05) is 13.2 Å². The second kappa shape index (κ2) is 13.3. The van der Waals surface area contributed by atoms with Crippen molar-refractivity contribution in [1.29, 1.82) is 0 Å². The number of ketones is 2. The Labute approximate surface area is 203 Å². The Morgan fingerprint density at radius 2 is 1.19 bits per heavy atom. The van der Waals surface area contributed by atoms with Gasteiger partial charge in [0.2, 0.25) is 0 Å². The zero-order chi connectivity index (χ0) is 23.5. The predicted octanol–water partition coefficient (Wildman–Crippen LogP) is 5.56. The molecule has 8 heteroatoms. The van der Waals surface area contributed by atoms with Crippen LogP contribution in [0.3, 0.4) is 0 Å². The largest absolute Gasteiger partial charge is 0.457 e. The van der Waals surface area contributed by atoms with E-state index in [4.69, 9.17) is 9.47 Å². The van der Waals surface area contributed by atoms with Crippen LogP contribution < -0.4 is 0 Å². The Morgan fingerprint density at radius 1 is 0.750 bits per heavy atom. The van der Waals surface area contributed by atoms with Crippen LogP contribution in [0.25, 0.3) is 0 Å². The van der Waals surface area contributed by atoms with Gasteiger partial charge in [-0.2, -0.15) is 0 Å². The zero-order valence-electron chi connectivity index (χ0n) is 17.6. The molecule has 0 N–H and O–H groups in total. The molecule has 0 saturated heterocycles. The third kappa shape index (κ3) is 9.44. The van der Waals surface area contributed by atoms with Crippen molar-refractivity contribution in [2.24, 2.45) is 5.92 Å². The van der Waals surface area contributed by atoms with Crippen LogP contribution in [-0.4, -0.2) is 36.7 Å². The van der Waals surface area contributed by atoms with Crippen molar-refractivity contribution in [2.45, 2.75) is 32.6 Å². The molecule has 6 nitrogen and oxygen atoms in total. The highest BCUT2D eigenvalue weighted by Crippen LogP contribution is 2.15. The van der Waals surface area contributed by atoms with Gasteiger partial charge in [-0.25, -0.2) is 0 Å². The van der Waals surface area contributed by atoms with E-state index in [1.54, 1.807) is 48.5 Å². The number of Topliss-reactive ketones (excluding diaryl/α,β-unsaturated/α-hetero) is 2. The molecule has 0 heterocycles. The van der Waals surface area contributed by atoms with Crippen LogP contribution in [0, 0.1) is 5.92 Å². The van der Waals surface area contributed by atoms with Crippen LogP contribution >= 0.6 is 31.9 Å². The average molecular weight is 568 g/mol. The molecule has 0 spiro atoms. The van der Waals surface area contributed by atoms with E-state index in [-0.39, 0.29) is 43.5 Å². The average Bonchev–Trinajstić information content (AvgIpc) is 2.76. The number of carbonyl (C=O) groups excluding carboxylic acids is 4. The van der Waals surface area contributed by atoms with E-state index >= 15 is 0 Å². The fraction of sp³-hybridized carbons (Fsp3) is 0.333. The van der Waals surface area contributed by atoms with Gasteiger partial charge in [0.15, 0.2) is 24.8 Å². The van der Waals surface area contributed by atoms with Gasteiger partial charge in [0.25, 0.3) is 0 Å². The minimum atomic E-state index is -0.453. The van der Waals surface area contributed by atoms with Gasteiger partial charge in [-0.05, 0) is 43.0 Å². The fourth-order valence-electron chi connectivity index (χ4n) is 2.84. The van der Waals surface area contributed by atoms with Crippen molar-refractivity contribution in [1.82, 2.24) is 0 Å². The molecule has 2 aromatic carbocycles. The SMILES string of the molecule is C[C@H](CCCC(=O)OCC(=O)c1ccc(Br)cc1)CC(=O)OCC(=O)c1ccc(Br)cc1. The number of esters is 2. The van der Waals surface area contributed by atoms with Gasteiger partial charge in [0.1, 0.15) is 0 Å². The molecule has 170 valence electrons. The quantitative estimate of drug-likeness (QED) is 0.246. The molecule has 0 bridgehead atoms. The van der Waals surface area contributed by atoms with E-state index in [0.29, 0.717) is 24.0 Å². The predicted molar refractivity (Wildman–Crippen MR) is 126 cm³/mol. The highest BCUT2D eigenvalue weighted by molar-refractivity contribution is 9.10. The van der Waals surface area contributed by atoms with E-state index in [1.807, 2.05) is 6.92 Å². The van der Waals surface area contributed by atoms with Crippen molar-refractivity contribution < 1.29 is 28.7 Å². The first-order chi connectivity index (χ1) is 15.2. The summed E-state index contributed by atoms with van der Waals surface area (Å²) in [5.74, 6) is -1.45. The monoisotopic (exact) mass is 566 g/mol. The van der Waals surface area contributed by atoms with Crippen molar-refractivity contribution in [3.05, 3.63) is 68.6 Å². The standard InChI is InChI=1S/C24H24Br2O6/c1-16(13-24(30)32-15-22(28)18-7-11-20(26)12-8-18)3-2-4-23(29)31-14-21(27)17-5-9-19(25)10-6-17/h5-12,16H,2-4,13-15H2,1H3/t16-/m1/s1. The summed E-state index contributed by atoms with van der Waals surface area (Å²) in [6.45, 7) is 1.28. The summed E-state index contributed by atoms with van der Waals surface area (Å²) >= 11 is 6.59. The zero-order valence-corrected chi connectivity index (χ0v) is 20.8. The van der Waals surface area contributed by atoms with Gasteiger partial charge in [-0.3, -0.25) is 19.2 Å². The summed E-state index contributed by atoms with van der Waals surface area (Å²) in [5, 5.41) is 0. The lowest BCUT2D eigenvalue weighted by Crippen LogP contribution is -2.16. The van der Waals surface area contributed by atoms with Crippen LogP contribution in [-0.2, 0) is 19.1 Å². The molecule has 0 unspecified atom stereocenters. The van der Waals surface area contributed by atoms with Crippen LogP contribution in [0.1, 0.15) is 53.3 Å². The van der Waals surface area contributed by atoms with Crippen LogP contribution in [0.4, 0.5) is 0 Å². The molecule has 0 saturated carbocycles. The molecule has 2 aromatic rings. The molecule has 0 aliphatic rings. The first-order valence-electron chi connectivity index (χ1n) is 10.1. The summed E-state index contributed by atoms with van der Waals surface area (Å²) in [6, 6.07) is 13.6. The second-order valence-corrected chi connectivity index (χ2v) is 9.21. The van der Waals surface area contributed by atoms with Gasteiger partial charge in [-0.15, -0.1) is 0 Å². The van der Waals surface area contributed by atoms with Crippen molar-refractivity contribution in [3.63, 3.8) is 0 Å². The maximum atomic E-state index is 12.0. The minimum absolute atomic E-state index is 0.0116. The van der Waals surface area contributed by atoms with Crippen molar-refractivity contribution in [3.8, 4) is 0 Å². The topological polar surface area (TPSA) is 86.7 Å². The summed E-state index contributed by atoms with van der Waals surface area (Å²) < 4.78 is 11.8. The maximum absolute atomic E-state index is 12.0. The van der Waals surface area contributed by atoms with Crippen molar-refractivity contribution >= 4 is 55.4 Å². The van der Waals surface area contributed by atoms with Crippen LogP contribution in [0.15, 0.2) is 57.5 Å². The molecule has 0 aliphatic carbocycles. The Bertz CT molecular complexity index is 938. The third-order valence-corrected chi connectivity index (χ3v) is 5.71. The highest BCUT2D eigenvalue weighted by atomic mass is 79.9. The number of rotatable bonds is 12. The minimum Gasteiger partial charge on any atom is -0.457 e. The number of benzene rings is 2. The molecule has 0 fully saturated rings. The van der Waals surface area contributed by atoms with Crippen LogP contribution in [0.5, 0.6) is 0 Å². The highest BCUT2D eigenvalue weighted by Gasteiger charge is 2.15. The lowest BCUT2D eigenvalue weighted by atomic mass is 10.0. The van der Waals surface area contributed by atoms with E-state index < -0.39 is 11.9 Å². The molecule has 1 atom stereocenters. The molecular formula is C24H24Br2O6. The Balaban J connectivity index is 1.60. The number of carbonyl (C=O) groups is 4. The normalized spacial score (nSPS) is 11.5. The molecular weight excluding hydrogens is 544 g/mol. The van der Waals surface area contributed by atoms with E-state index in [0.717, 1.165) is 8.95 Å². The lowest BCUT2D eigenvalue weighted by Gasteiger charge is -2.11. The van der Waals surface area contributed by atoms with Crippen LogP contribution in [0.2, 0.25) is 0 Å². The van der Waals surface area contributed by atoms with Gasteiger partial charge >= 0.3 is 11.9 Å². The van der Waals surface area contributed by atoms with Gasteiger partial charge in [-0.1, -0.05) is 63.0 Å². The summed E-state index contributed by atoms with van der Waals surface area (Å²) in [5.41, 5.74) is 0.956. The number of halogens is 2.